The van der Waals surface area contributed by atoms with E-state index in [1.165, 1.54) is 48.3 Å². The number of piperidine rings is 1. The van der Waals surface area contributed by atoms with E-state index in [2.05, 4.69) is 78.8 Å². The number of hydrogen-bond acceptors (Lipinski definition) is 2. The molecular formula is C22H29N3S. The lowest BCUT2D eigenvalue weighted by atomic mass is 9.99. The van der Waals surface area contributed by atoms with Gasteiger partial charge in [0.1, 0.15) is 0 Å². The highest BCUT2D eigenvalue weighted by atomic mass is 32.1. The lowest BCUT2D eigenvalue weighted by Crippen LogP contribution is -2.34. The maximum Gasteiger partial charge on any atom is 0.171 e. The van der Waals surface area contributed by atoms with E-state index in [0.29, 0.717) is 5.11 Å². The number of anilines is 2. The van der Waals surface area contributed by atoms with Crippen molar-refractivity contribution in [2.24, 2.45) is 5.92 Å². The Morgan fingerprint density at radius 1 is 1.15 bits per heavy atom. The fourth-order valence-corrected chi connectivity index (χ4v) is 3.65. The van der Waals surface area contributed by atoms with E-state index in [-0.39, 0.29) is 0 Å². The van der Waals surface area contributed by atoms with E-state index < -0.39 is 0 Å². The fourth-order valence-electron chi connectivity index (χ4n) is 3.47. The number of hydrogen-bond donors (Lipinski definition) is 2. The van der Waals surface area contributed by atoms with Gasteiger partial charge in [-0.3, -0.25) is 0 Å². The molecule has 0 unspecified atom stereocenters. The van der Waals surface area contributed by atoms with Crippen LogP contribution in [-0.2, 0) is 6.54 Å². The maximum absolute atomic E-state index is 5.45. The third kappa shape index (κ3) is 4.98. The summed E-state index contributed by atoms with van der Waals surface area (Å²) in [5, 5.41) is 7.27. The molecule has 26 heavy (non-hydrogen) atoms. The molecule has 0 radical (unpaired) electrons. The second-order valence-corrected chi connectivity index (χ2v) is 7.89. The molecule has 0 amide bonds. The van der Waals surface area contributed by atoms with Crippen LogP contribution in [0.2, 0.25) is 0 Å². The van der Waals surface area contributed by atoms with Crippen LogP contribution in [0, 0.1) is 19.8 Å². The van der Waals surface area contributed by atoms with Crippen molar-refractivity contribution < 1.29 is 0 Å². The van der Waals surface area contributed by atoms with Crippen LogP contribution in [0.3, 0.4) is 0 Å². The molecule has 0 aromatic heterocycles. The molecule has 4 heteroatoms. The average molecular weight is 368 g/mol. The topological polar surface area (TPSA) is 27.3 Å². The van der Waals surface area contributed by atoms with Crippen LogP contribution in [0.1, 0.15) is 36.5 Å². The van der Waals surface area contributed by atoms with E-state index in [0.717, 1.165) is 18.2 Å². The van der Waals surface area contributed by atoms with Crippen LogP contribution >= 0.6 is 12.2 Å². The first-order valence-electron chi connectivity index (χ1n) is 9.47. The highest BCUT2D eigenvalue weighted by molar-refractivity contribution is 7.80. The molecule has 1 atom stereocenters. The van der Waals surface area contributed by atoms with Crippen LogP contribution in [0.5, 0.6) is 0 Å². The molecule has 1 aliphatic rings. The van der Waals surface area contributed by atoms with Crippen LogP contribution in [0.15, 0.2) is 42.5 Å². The molecule has 0 aliphatic carbocycles. The van der Waals surface area contributed by atoms with Crippen molar-refractivity contribution in [3.63, 3.8) is 0 Å². The zero-order chi connectivity index (χ0) is 18.5. The summed E-state index contributed by atoms with van der Waals surface area (Å²) in [4.78, 5) is 2.50. The Bertz CT molecular complexity index is 754. The Morgan fingerprint density at radius 2 is 1.92 bits per heavy atom. The first-order chi connectivity index (χ1) is 12.5. The number of nitrogens with zero attached hydrogens (tertiary/aromatic N) is 1. The normalized spacial score (nSPS) is 17.0. The van der Waals surface area contributed by atoms with E-state index in [4.69, 9.17) is 12.2 Å². The SMILES string of the molecule is Cc1ccc(C)c(NC(=S)NCc2ccc(N3CCC[C@H](C)C3)cc2)c1. The zero-order valence-electron chi connectivity index (χ0n) is 16.0. The molecule has 1 heterocycles. The number of benzene rings is 2. The molecule has 1 aliphatic heterocycles. The molecular weight excluding hydrogens is 338 g/mol. The van der Waals surface area contributed by atoms with E-state index >= 15 is 0 Å². The van der Waals surface area contributed by atoms with E-state index in [1.807, 2.05) is 0 Å². The van der Waals surface area contributed by atoms with E-state index in [1.54, 1.807) is 0 Å². The molecule has 0 saturated carbocycles. The number of aryl methyl sites for hydroxylation is 2. The van der Waals surface area contributed by atoms with Crippen LogP contribution in [-0.4, -0.2) is 18.2 Å². The number of nitrogens with one attached hydrogen (secondary N) is 2. The van der Waals surface area contributed by atoms with Gasteiger partial charge in [-0.15, -0.1) is 0 Å². The minimum atomic E-state index is 0.660. The lowest BCUT2D eigenvalue weighted by molar-refractivity contribution is 0.447. The second kappa shape index (κ2) is 8.54. The summed E-state index contributed by atoms with van der Waals surface area (Å²) in [5.74, 6) is 0.790. The van der Waals surface area contributed by atoms with Gasteiger partial charge in [-0.05, 0) is 79.7 Å². The fraction of sp³-hybridized carbons (Fsp3) is 0.409. The Hall–Kier alpha value is -2.07. The molecule has 1 fully saturated rings. The van der Waals surface area contributed by atoms with Gasteiger partial charge in [0, 0.05) is 31.0 Å². The Balaban J connectivity index is 1.53. The third-order valence-corrected chi connectivity index (χ3v) is 5.30. The molecule has 2 aromatic carbocycles. The van der Waals surface area contributed by atoms with Gasteiger partial charge in [0.15, 0.2) is 5.11 Å². The summed E-state index contributed by atoms with van der Waals surface area (Å²) in [6, 6.07) is 15.2. The standard InChI is InChI=1S/C22H29N3S/c1-16-6-7-18(3)21(13-16)24-22(26)23-14-19-8-10-20(11-9-19)25-12-4-5-17(2)15-25/h6-11,13,17H,4-5,12,14-15H2,1-3H3,(H2,23,24,26)/t17-/m0/s1. The summed E-state index contributed by atoms with van der Waals surface area (Å²) in [6.07, 6.45) is 2.64. The zero-order valence-corrected chi connectivity index (χ0v) is 16.8. The van der Waals surface area contributed by atoms with Gasteiger partial charge in [-0.1, -0.05) is 31.2 Å². The number of thiocarbonyl (C=S) groups is 1. The van der Waals surface area contributed by atoms with Gasteiger partial charge < -0.3 is 15.5 Å². The Kier molecular flexibility index (Phi) is 6.15. The molecule has 2 N–H and O–H groups in total. The smallest absolute Gasteiger partial charge is 0.171 e. The molecule has 3 rings (SSSR count). The van der Waals surface area contributed by atoms with Crippen molar-refractivity contribution in [1.82, 2.24) is 5.32 Å². The highest BCUT2D eigenvalue weighted by Gasteiger charge is 2.16. The number of rotatable bonds is 4. The van der Waals surface area contributed by atoms with Crippen LogP contribution < -0.4 is 15.5 Å². The quantitative estimate of drug-likeness (QED) is 0.742. The minimum absolute atomic E-state index is 0.660. The minimum Gasteiger partial charge on any atom is -0.371 e. The average Bonchev–Trinajstić information content (AvgIpc) is 2.63. The molecule has 0 bridgehead atoms. The molecule has 1 saturated heterocycles. The van der Waals surface area contributed by atoms with Crippen molar-refractivity contribution in [1.29, 1.82) is 0 Å². The molecule has 3 nitrogen and oxygen atoms in total. The summed E-state index contributed by atoms with van der Waals surface area (Å²) in [5.41, 5.74) is 6.06. The first kappa shape index (κ1) is 18.7. The summed E-state index contributed by atoms with van der Waals surface area (Å²) < 4.78 is 0. The van der Waals surface area contributed by atoms with Gasteiger partial charge in [-0.2, -0.15) is 0 Å². The summed E-state index contributed by atoms with van der Waals surface area (Å²) in [7, 11) is 0. The van der Waals surface area contributed by atoms with Crippen molar-refractivity contribution >= 4 is 28.7 Å². The summed E-state index contributed by atoms with van der Waals surface area (Å²) in [6.45, 7) is 9.59. The van der Waals surface area contributed by atoms with Crippen LogP contribution in [0.25, 0.3) is 0 Å². The Labute approximate surface area is 162 Å². The first-order valence-corrected chi connectivity index (χ1v) is 9.88. The van der Waals surface area contributed by atoms with Crippen molar-refractivity contribution in [2.75, 3.05) is 23.3 Å². The van der Waals surface area contributed by atoms with E-state index in [9.17, 15) is 0 Å². The van der Waals surface area contributed by atoms with Gasteiger partial charge in [0.25, 0.3) is 0 Å². The highest BCUT2D eigenvalue weighted by Crippen LogP contribution is 2.23. The molecule has 0 spiro atoms. The maximum atomic E-state index is 5.45. The van der Waals surface area contributed by atoms with Gasteiger partial charge in [0.05, 0.1) is 0 Å². The van der Waals surface area contributed by atoms with Gasteiger partial charge in [-0.25, -0.2) is 0 Å². The van der Waals surface area contributed by atoms with Crippen molar-refractivity contribution in [3.05, 3.63) is 59.2 Å². The van der Waals surface area contributed by atoms with Crippen molar-refractivity contribution in [3.8, 4) is 0 Å². The van der Waals surface area contributed by atoms with Crippen molar-refractivity contribution in [2.45, 2.75) is 40.2 Å². The lowest BCUT2D eigenvalue weighted by Gasteiger charge is -2.32. The van der Waals surface area contributed by atoms with Crippen LogP contribution in [0.4, 0.5) is 11.4 Å². The predicted molar refractivity (Wildman–Crippen MR) is 116 cm³/mol. The largest absolute Gasteiger partial charge is 0.371 e. The summed E-state index contributed by atoms with van der Waals surface area (Å²) >= 11 is 5.45. The Morgan fingerprint density at radius 3 is 2.65 bits per heavy atom. The predicted octanol–water partition coefficient (Wildman–Crippen LogP) is 5.03. The van der Waals surface area contributed by atoms with Gasteiger partial charge in [0.2, 0.25) is 0 Å². The monoisotopic (exact) mass is 367 g/mol. The van der Waals surface area contributed by atoms with Gasteiger partial charge >= 0.3 is 0 Å². The molecule has 138 valence electrons. The third-order valence-electron chi connectivity index (χ3n) is 5.05. The molecule has 2 aromatic rings. The second-order valence-electron chi connectivity index (χ2n) is 7.49.